The fourth-order valence-corrected chi connectivity index (χ4v) is 4.41. The largest absolute Gasteiger partial charge is 0.375 e. The van der Waals surface area contributed by atoms with Crippen molar-refractivity contribution in [2.45, 2.75) is 50.9 Å². The first-order chi connectivity index (χ1) is 10.7. The van der Waals surface area contributed by atoms with Crippen LogP contribution in [0.25, 0.3) is 0 Å². The number of hydrogen-bond donors (Lipinski definition) is 0. The summed E-state index contributed by atoms with van der Waals surface area (Å²) in [4.78, 5) is 16.8. The summed E-state index contributed by atoms with van der Waals surface area (Å²) in [5.74, 6) is 0.939. The minimum atomic E-state index is 0.0671. The van der Waals surface area contributed by atoms with Crippen LogP contribution >= 0.6 is 11.3 Å². The van der Waals surface area contributed by atoms with E-state index in [1.165, 1.54) is 17.7 Å². The van der Waals surface area contributed by atoms with Crippen LogP contribution in [0.5, 0.6) is 0 Å². The zero-order chi connectivity index (χ0) is 15.1. The lowest BCUT2D eigenvalue weighted by Crippen LogP contribution is -2.53. The Hall–Kier alpha value is -0.910. The number of aryl methyl sites for hydroxylation is 1. The molecule has 0 unspecified atom stereocenters. The third-order valence-corrected chi connectivity index (χ3v) is 5.98. The Morgan fingerprint density at radius 3 is 2.95 bits per heavy atom. The molecular formula is C17H23NO3S. The topological polar surface area (TPSA) is 38.8 Å². The van der Waals surface area contributed by atoms with Gasteiger partial charge in [0.2, 0.25) is 0 Å². The molecule has 22 heavy (non-hydrogen) atoms. The van der Waals surface area contributed by atoms with Crippen LogP contribution in [0.2, 0.25) is 0 Å². The van der Waals surface area contributed by atoms with Crippen molar-refractivity contribution in [3.63, 3.8) is 0 Å². The Morgan fingerprint density at radius 1 is 1.36 bits per heavy atom. The predicted octanol–water partition coefficient (Wildman–Crippen LogP) is 2.86. The summed E-state index contributed by atoms with van der Waals surface area (Å²) in [6, 6.07) is 4.15. The molecule has 0 aromatic carbocycles. The van der Waals surface area contributed by atoms with Crippen LogP contribution in [-0.2, 0) is 9.47 Å². The van der Waals surface area contributed by atoms with Crippen molar-refractivity contribution in [3.05, 3.63) is 21.9 Å². The summed E-state index contributed by atoms with van der Waals surface area (Å²) in [5, 5.41) is 0. The molecule has 1 amide bonds. The summed E-state index contributed by atoms with van der Waals surface area (Å²) in [5.41, 5.74) is 0. The first-order valence-electron chi connectivity index (χ1n) is 8.33. The number of morpholine rings is 1. The summed E-state index contributed by atoms with van der Waals surface area (Å²) < 4.78 is 12.0. The third kappa shape index (κ3) is 2.82. The summed E-state index contributed by atoms with van der Waals surface area (Å²) in [7, 11) is 0. The molecule has 0 spiro atoms. The quantitative estimate of drug-likeness (QED) is 0.856. The Morgan fingerprint density at radius 2 is 2.23 bits per heavy atom. The number of rotatable bonds is 4. The summed E-state index contributed by atoms with van der Waals surface area (Å²) in [6.45, 7) is 4.24. The van der Waals surface area contributed by atoms with Gasteiger partial charge in [-0.05, 0) is 50.7 Å². The van der Waals surface area contributed by atoms with Crippen LogP contribution in [-0.4, -0.2) is 48.8 Å². The average Bonchev–Trinajstić information content (AvgIpc) is 3.11. The highest BCUT2D eigenvalue weighted by Crippen LogP contribution is 2.36. The highest BCUT2D eigenvalue weighted by molar-refractivity contribution is 7.13. The van der Waals surface area contributed by atoms with E-state index in [1.807, 2.05) is 24.0 Å². The number of carbonyl (C=O) groups is 1. The molecule has 1 saturated heterocycles. The van der Waals surface area contributed by atoms with Gasteiger partial charge in [0.05, 0.1) is 23.6 Å². The van der Waals surface area contributed by atoms with Crippen molar-refractivity contribution in [2.75, 3.05) is 19.8 Å². The van der Waals surface area contributed by atoms with E-state index in [9.17, 15) is 4.79 Å². The van der Waals surface area contributed by atoms with Gasteiger partial charge in [-0.2, -0.15) is 0 Å². The molecule has 3 aliphatic rings. The lowest BCUT2D eigenvalue weighted by Gasteiger charge is -2.38. The Kier molecular flexibility index (Phi) is 3.96. The SMILES string of the molecule is Cc1ccc(C(=O)N2CCO[C@H]3[C@H](OCC4CC4)CC[C@@H]32)s1. The molecule has 2 aliphatic carbocycles. The highest BCUT2D eigenvalue weighted by Gasteiger charge is 2.45. The zero-order valence-corrected chi connectivity index (χ0v) is 13.8. The van der Waals surface area contributed by atoms with E-state index in [-0.39, 0.29) is 24.2 Å². The molecule has 3 fully saturated rings. The molecule has 1 aromatic heterocycles. The summed E-state index contributed by atoms with van der Waals surface area (Å²) >= 11 is 1.58. The molecule has 2 saturated carbocycles. The summed E-state index contributed by atoms with van der Waals surface area (Å²) in [6.07, 6.45) is 4.86. The monoisotopic (exact) mass is 321 g/mol. The molecule has 3 atom stereocenters. The third-order valence-electron chi connectivity index (χ3n) is 4.99. The van der Waals surface area contributed by atoms with Gasteiger partial charge in [0.1, 0.15) is 6.10 Å². The normalized spacial score (nSPS) is 31.3. The minimum Gasteiger partial charge on any atom is -0.375 e. The van der Waals surface area contributed by atoms with E-state index in [4.69, 9.17) is 9.47 Å². The van der Waals surface area contributed by atoms with Gasteiger partial charge in [-0.3, -0.25) is 4.79 Å². The van der Waals surface area contributed by atoms with Crippen molar-refractivity contribution in [1.82, 2.24) is 4.90 Å². The number of fused-ring (bicyclic) bond motifs is 1. The van der Waals surface area contributed by atoms with Gasteiger partial charge in [0.25, 0.3) is 5.91 Å². The highest BCUT2D eigenvalue weighted by atomic mass is 32.1. The van der Waals surface area contributed by atoms with Crippen LogP contribution in [0.4, 0.5) is 0 Å². The van der Waals surface area contributed by atoms with Crippen LogP contribution in [0.15, 0.2) is 12.1 Å². The van der Waals surface area contributed by atoms with E-state index in [1.54, 1.807) is 11.3 Å². The number of hydrogen-bond acceptors (Lipinski definition) is 4. The van der Waals surface area contributed by atoms with Crippen molar-refractivity contribution in [1.29, 1.82) is 0 Å². The van der Waals surface area contributed by atoms with Gasteiger partial charge < -0.3 is 14.4 Å². The molecule has 0 bridgehead atoms. The van der Waals surface area contributed by atoms with E-state index in [0.29, 0.717) is 13.2 Å². The van der Waals surface area contributed by atoms with Crippen LogP contribution < -0.4 is 0 Å². The van der Waals surface area contributed by atoms with Crippen molar-refractivity contribution < 1.29 is 14.3 Å². The number of carbonyl (C=O) groups excluding carboxylic acids is 1. The molecule has 5 heteroatoms. The fraction of sp³-hybridized carbons (Fsp3) is 0.706. The molecule has 2 heterocycles. The maximum absolute atomic E-state index is 12.8. The molecule has 4 rings (SSSR count). The molecule has 0 N–H and O–H groups in total. The van der Waals surface area contributed by atoms with Crippen molar-refractivity contribution >= 4 is 17.2 Å². The van der Waals surface area contributed by atoms with E-state index < -0.39 is 0 Å². The maximum Gasteiger partial charge on any atom is 0.264 e. The molecule has 1 aromatic rings. The Bertz CT molecular complexity index is 554. The Balaban J connectivity index is 1.44. The van der Waals surface area contributed by atoms with Gasteiger partial charge in [-0.1, -0.05) is 0 Å². The van der Waals surface area contributed by atoms with Gasteiger partial charge in [-0.25, -0.2) is 0 Å². The molecule has 0 radical (unpaired) electrons. The van der Waals surface area contributed by atoms with Crippen LogP contribution in [0.1, 0.15) is 40.2 Å². The second-order valence-electron chi connectivity index (χ2n) is 6.70. The zero-order valence-electron chi connectivity index (χ0n) is 13.0. The first-order valence-corrected chi connectivity index (χ1v) is 9.14. The maximum atomic E-state index is 12.8. The average molecular weight is 321 g/mol. The number of amides is 1. The molecular weight excluding hydrogens is 298 g/mol. The van der Waals surface area contributed by atoms with E-state index in [2.05, 4.69) is 0 Å². The van der Waals surface area contributed by atoms with Gasteiger partial charge in [0, 0.05) is 18.0 Å². The lowest BCUT2D eigenvalue weighted by atomic mass is 10.1. The van der Waals surface area contributed by atoms with E-state index in [0.717, 1.165) is 30.2 Å². The lowest BCUT2D eigenvalue weighted by molar-refractivity contribution is -0.106. The first kappa shape index (κ1) is 14.7. The van der Waals surface area contributed by atoms with Crippen molar-refractivity contribution in [3.8, 4) is 0 Å². The standard InChI is InChI=1S/C17H23NO3S/c1-11-2-7-15(22-11)17(19)18-8-9-20-16-13(18)5-6-14(16)21-10-12-3-4-12/h2,7,12-14,16H,3-6,8-10H2,1H3/t13-,14+,16+/m0/s1. The molecule has 4 nitrogen and oxygen atoms in total. The smallest absolute Gasteiger partial charge is 0.264 e. The van der Waals surface area contributed by atoms with Crippen LogP contribution in [0, 0.1) is 12.8 Å². The fourth-order valence-electron chi connectivity index (χ4n) is 3.58. The van der Waals surface area contributed by atoms with Gasteiger partial charge in [-0.15, -0.1) is 11.3 Å². The Labute approximate surface area is 135 Å². The minimum absolute atomic E-state index is 0.0671. The second-order valence-corrected chi connectivity index (χ2v) is 7.99. The predicted molar refractivity (Wildman–Crippen MR) is 85.3 cm³/mol. The number of thiophene rings is 1. The van der Waals surface area contributed by atoms with Gasteiger partial charge in [0.15, 0.2) is 0 Å². The van der Waals surface area contributed by atoms with E-state index >= 15 is 0 Å². The number of nitrogens with zero attached hydrogens (tertiary/aromatic N) is 1. The molecule has 120 valence electrons. The second kappa shape index (κ2) is 5.95. The van der Waals surface area contributed by atoms with Gasteiger partial charge >= 0.3 is 0 Å². The number of ether oxygens (including phenoxy) is 2. The van der Waals surface area contributed by atoms with Crippen LogP contribution in [0.3, 0.4) is 0 Å². The molecule has 1 aliphatic heterocycles. The van der Waals surface area contributed by atoms with Crippen molar-refractivity contribution in [2.24, 2.45) is 5.92 Å².